The van der Waals surface area contributed by atoms with E-state index in [-0.39, 0.29) is 18.7 Å². The smallest absolute Gasteiger partial charge is 0.263 e. The van der Waals surface area contributed by atoms with Crippen LogP contribution in [0.4, 0.5) is 0 Å². The number of benzene rings is 1. The summed E-state index contributed by atoms with van der Waals surface area (Å²) in [5.74, 6) is 0.309. The molecule has 1 aliphatic rings. The minimum absolute atomic E-state index is 0.0192. The lowest BCUT2D eigenvalue weighted by Crippen LogP contribution is -2.35. The second-order valence-corrected chi connectivity index (χ2v) is 6.13. The number of carbonyl (C=O) groups excluding carboxylic acids is 1. The average molecular weight is 348 g/mol. The van der Waals surface area contributed by atoms with Crippen LogP contribution in [0.15, 0.2) is 24.3 Å². The average Bonchev–Trinajstić information content (AvgIpc) is 2.95. The number of hydrogen-bond acceptors (Lipinski definition) is 5. The molecule has 1 aromatic carbocycles. The summed E-state index contributed by atoms with van der Waals surface area (Å²) >= 11 is 5.23. The second-order valence-electron chi connectivity index (χ2n) is 5.75. The molecule has 24 heavy (non-hydrogen) atoms. The third-order valence-electron chi connectivity index (χ3n) is 3.78. The molecule has 1 unspecified atom stereocenters. The number of H-pyrrole nitrogens is 1. The van der Waals surface area contributed by atoms with Gasteiger partial charge >= 0.3 is 0 Å². The number of nitrogens with zero attached hydrogens (tertiary/aromatic N) is 2. The molecule has 0 saturated carbocycles. The normalized spacial score (nSPS) is 17.6. The van der Waals surface area contributed by atoms with Gasteiger partial charge in [-0.15, -0.1) is 0 Å². The van der Waals surface area contributed by atoms with Gasteiger partial charge in [-0.2, -0.15) is 5.10 Å². The summed E-state index contributed by atoms with van der Waals surface area (Å²) in [6.07, 6.45) is 2.46. The van der Waals surface area contributed by atoms with E-state index < -0.39 is 0 Å². The van der Waals surface area contributed by atoms with Crippen molar-refractivity contribution in [3.8, 4) is 11.4 Å². The lowest BCUT2D eigenvalue weighted by Gasteiger charge is -2.22. The molecule has 2 aromatic rings. The van der Waals surface area contributed by atoms with Crippen LogP contribution in [-0.2, 0) is 20.9 Å². The van der Waals surface area contributed by atoms with E-state index in [0.717, 1.165) is 30.4 Å². The largest absolute Gasteiger partial charge is 0.350 e. The molecule has 1 atom stereocenters. The summed E-state index contributed by atoms with van der Waals surface area (Å²) in [5, 5.41) is 6.97. The number of hydrogen-bond donors (Lipinski definition) is 2. The molecule has 2 N–H and O–H groups in total. The maximum atomic E-state index is 12.2. The Balaban J connectivity index is 1.67. The molecular weight excluding hydrogens is 328 g/mol. The number of amides is 1. The van der Waals surface area contributed by atoms with Gasteiger partial charge in [-0.3, -0.25) is 14.5 Å². The lowest BCUT2D eigenvalue weighted by molar-refractivity contribution is -0.200. The summed E-state index contributed by atoms with van der Waals surface area (Å²) in [4.78, 5) is 17.5. The van der Waals surface area contributed by atoms with Gasteiger partial charge in [-0.05, 0) is 38.0 Å². The summed E-state index contributed by atoms with van der Waals surface area (Å²) in [6, 6.07) is 7.86. The van der Waals surface area contributed by atoms with Gasteiger partial charge in [-0.25, -0.2) is 10.3 Å². The highest BCUT2D eigenvalue weighted by Crippen LogP contribution is 2.18. The van der Waals surface area contributed by atoms with Crippen molar-refractivity contribution in [2.45, 2.75) is 39.0 Å². The van der Waals surface area contributed by atoms with Crippen LogP contribution in [0.1, 0.15) is 24.8 Å². The molecule has 0 aliphatic carbocycles. The van der Waals surface area contributed by atoms with E-state index in [1.54, 1.807) is 4.57 Å². The Morgan fingerprint density at radius 3 is 3.17 bits per heavy atom. The van der Waals surface area contributed by atoms with E-state index >= 15 is 0 Å². The molecule has 3 rings (SSSR count). The maximum absolute atomic E-state index is 12.2. The monoisotopic (exact) mass is 348 g/mol. The number of aryl methyl sites for hydroxylation is 1. The quantitative estimate of drug-likeness (QED) is 0.641. The van der Waals surface area contributed by atoms with Crippen molar-refractivity contribution in [3.63, 3.8) is 0 Å². The molecule has 0 spiro atoms. The van der Waals surface area contributed by atoms with E-state index in [1.807, 2.05) is 31.2 Å². The highest BCUT2D eigenvalue weighted by atomic mass is 32.1. The van der Waals surface area contributed by atoms with Crippen LogP contribution in [0.25, 0.3) is 11.4 Å². The number of aromatic amines is 1. The Labute approximate surface area is 144 Å². The van der Waals surface area contributed by atoms with Gasteiger partial charge in [0.15, 0.2) is 16.9 Å². The number of hydroxylamine groups is 1. The Bertz CT molecular complexity index is 765. The summed E-state index contributed by atoms with van der Waals surface area (Å²) in [6.45, 7) is 2.68. The third kappa shape index (κ3) is 4.08. The number of ether oxygens (including phenoxy) is 1. The van der Waals surface area contributed by atoms with Gasteiger partial charge in [0.25, 0.3) is 5.91 Å². The number of nitrogens with one attached hydrogen (secondary N) is 2. The maximum Gasteiger partial charge on any atom is 0.263 e. The number of rotatable bonds is 5. The van der Waals surface area contributed by atoms with Crippen LogP contribution in [0.5, 0.6) is 0 Å². The minimum Gasteiger partial charge on any atom is -0.350 e. The van der Waals surface area contributed by atoms with Crippen molar-refractivity contribution >= 4 is 18.1 Å². The molecule has 8 heteroatoms. The molecule has 1 fully saturated rings. The van der Waals surface area contributed by atoms with E-state index in [1.165, 1.54) is 0 Å². The van der Waals surface area contributed by atoms with Crippen molar-refractivity contribution in [2.75, 3.05) is 6.61 Å². The van der Waals surface area contributed by atoms with Crippen LogP contribution in [0.2, 0.25) is 0 Å². The van der Waals surface area contributed by atoms with Gasteiger partial charge in [0.2, 0.25) is 0 Å². The number of aromatic nitrogens is 3. The molecule has 7 nitrogen and oxygen atoms in total. The van der Waals surface area contributed by atoms with Crippen LogP contribution in [0.3, 0.4) is 0 Å². The van der Waals surface area contributed by atoms with Crippen molar-refractivity contribution in [3.05, 3.63) is 34.6 Å². The van der Waals surface area contributed by atoms with Crippen molar-refractivity contribution in [1.82, 2.24) is 20.2 Å². The van der Waals surface area contributed by atoms with Crippen LogP contribution >= 0.6 is 12.2 Å². The fraction of sp³-hybridized carbons (Fsp3) is 0.438. The molecule has 1 amide bonds. The van der Waals surface area contributed by atoms with Crippen molar-refractivity contribution < 1.29 is 14.4 Å². The Morgan fingerprint density at radius 2 is 2.42 bits per heavy atom. The Hall–Kier alpha value is -2.03. The fourth-order valence-electron chi connectivity index (χ4n) is 2.58. The fourth-order valence-corrected chi connectivity index (χ4v) is 2.78. The van der Waals surface area contributed by atoms with Gasteiger partial charge in [0.1, 0.15) is 6.54 Å². The van der Waals surface area contributed by atoms with Crippen LogP contribution in [-0.4, -0.2) is 33.6 Å². The first kappa shape index (κ1) is 16.8. The Morgan fingerprint density at radius 1 is 1.54 bits per heavy atom. The Kier molecular flexibility index (Phi) is 5.39. The standard InChI is InChI=1S/C16H20N4O3S/c1-11-5-4-6-12(9-11)15-17-18-16(24)20(15)10-13(21)19-23-14-7-2-3-8-22-14/h4-6,9,14H,2-3,7-8,10H2,1H3,(H,18,24)(H,19,21). The van der Waals surface area contributed by atoms with E-state index in [2.05, 4.69) is 15.7 Å². The van der Waals surface area contributed by atoms with Crippen molar-refractivity contribution in [1.29, 1.82) is 0 Å². The molecular formula is C16H20N4O3S. The summed E-state index contributed by atoms with van der Waals surface area (Å²) < 4.78 is 7.44. The van der Waals surface area contributed by atoms with Gasteiger partial charge < -0.3 is 4.74 Å². The summed E-state index contributed by atoms with van der Waals surface area (Å²) in [5.41, 5.74) is 4.44. The molecule has 1 aromatic heterocycles. The topological polar surface area (TPSA) is 81.2 Å². The molecule has 1 aliphatic heterocycles. The van der Waals surface area contributed by atoms with E-state index in [4.69, 9.17) is 21.8 Å². The highest BCUT2D eigenvalue weighted by molar-refractivity contribution is 7.71. The van der Waals surface area contributed by atoms with Crippen molar-refractivity contribution in [2.24, 2.45) is 0 Å². The van der Waals surface area contributed by atoms with Crippen LogP contribution in [0, 0.1) is 11.7 Å². The minimum atomic E-state index is -0.378. The predicted molar refractivity (Wildman–Crippen MR) is 90.4 cm³/mol. The molecule has 128 valence electrons. The SMILES string of the molecule is Cc1cccc(-c2n[nH]c(=S)n2CC(=O)NOC2CCCCO2)c1. The number of carbonyl (C=O) groups is 1. The predicted octanol–water partition coefficient (Wildman–Crippen LogP) is 2.49. The van der Waals surface area contributed by atoms with E-state index in [0.29, 0.717) is 17.2 Å². The van der Waals surface area contributed by atoms with Gasteiger partial charge in [-0.1, -0.05) is 23.8 Å². The zero-order chi connectivity index (χ0) is 16.9. The van der Waals surface area contributed by atoms with E-state index in [9.17, 15) is 4.79 Å². The molecule has 0 bridgehead atoms. The molecule has 1 saturated heterocycles. The first-order valence-electron chi connectivity index (χ1n) is 7.92. The van der Waals surface area contributed by atoms with Gasteiger partial charge in [0, 0.05) is 18.6 Å². The molecule has 0 radical (unpaired) electrons. The van der Waals surface area contributed by atoms with Crippen LogP contribution < -0.4 is 5.48 Å². The first-order valence-corrected chi connectivity index (χ1v) is 8.32. The lowest BCUT2D eigenvalue weighted by atomic mass is 10.1. The third-order valence-corrected chi connectivity index (χ3v) is 4.09. The first-order chi connectivity index (χ1) is 11.6. The zero-order valence-corrected chi connectivity index (χ0v) is 14.3. The van der Waals surface area contributed by atoms with Gasteiger partial charge in [0.05, 0.1) is 0 Å². The molecule has 2 heterocycles. The summed E-state index contributed by atoms with van der Waals surface area (Å²) in [7, 11) is 0. The zero-order valence-electron chi connectivity index (χ0n) is 13.4. The second kappa shape index (κ2) is 7.69. The highest BCUT2D eigenvalue weighted by Gasteiger charge is 2.17.